The van der Waals surface area contributed by atoms with E-state index < -0.39 is 6.10 Å². The Morgan fingerprint density at radius 1 is 1.29 bits per heavy atom. The molecule has 4 aromatic rings. The predicted octanol–water partition coefficient (Wildman–Crippen LogP) is 3.14. The molecule has 1 aliphatic heterocycles. The number of aliphatic hydroxyl groups excluding tert-OH is 1. The summed E-state index contributed by atoms with van der Waals surface area (Å²) < 4.78 is 7.61. The number of methoxy groups -OCH3 is 1. The highest BCUT2D eigenvalue weighted by molar-refractivity contribution is 5.93. The van der Waals surface area contributed by atoms with E-state index in [1.807, 2.05) is 16.9 Å². The Morgan fingerprint density at radius 3 is 3.00 bits per heavy atom. The molecule has 1 saturated heterocycles. The Balaban J connectivity index is 1.36. The van der Waals surface area contributed by atoms with Crippen molar-refractivity contribution in [1.82, 2.24) is 29.9 Å². The highest BCUT2D eigenvalue weighted by Crippen LogP contribution is 2.39. The van der Waals surface area contributed by atoms with Gasteiger partial charge in [0.25, 0.3) is 5.91 Å². The van der Waals surface area contributed by atoms with Gasteiger partial charge in [0.15, 0.2) is 0 Å². The second-order valence-electron chi connectivity index (χ2n) is 9.42. The van der Waals surface area contributed by atoms with Gasteiger partial charge in [-0.05, 0) is 43.7 Å². The highest BCUT2D eigenvalue weighted by atomic mass is 16.5. The van der Waals surface area contributed by atoms with Crippen molar-refractivity contribution in [2.45, 2.75) is 44.8 Å². The maximum absolute atomic E-state index is 12.1. The minimum atomic E-state index is -0.986. The fourth-order valence-corrected chi connectivity index (χ4v) is 5.40. The molecule has 2 atom stereocenters. The first-order valence-electron chi connectivity index (χ1n) is 12.1. The summed E-state index contributed by atoms with van der Waals surface area (Å²) in [5.74, 6) is 0.480. The van der Waals surface area contributed by atoms with Gasteiger partial charge in [0.05, 0.1) is 24.9 Å². The van der Waals surface area contributed by atoms with Crippen LogP contribution in [-0.2, 0) is 17.6 Å². The molecule has 180 valence electrons. The molecule has 6 rings (SSSR count). The summed E-state index contributed by atoms with van der Waals surface area (Å²) in [7, 11) is 1.67. The van der Waals surface area contributed by atoms with Gasteiger partial charge in [-0.1, -0.05) is 18.2 Å². The van der Waals surface area contributed by atoms with Gasteiger partial charge in [-0.15, -0.1) is 0 Å². The Morgan fingerprint density at radius 2 is 2.17 bits per heavy atom. The molecule has 4 heterocycles. The molecule has 3 aromatic heterocycles. The summed E-state index contributed by atoms with van der Waals surface area (Å²) in [4.78, 5) is 18.9. The number of aromatic amines is 1. The fraction of sp³-hybridized carbons (Fsp3) is 0.385. The first-order valence-corrected chi connectivity index (χ1v) is 12.1. The van der Waals surface area contributed by atoms with Crippen LogP contribution < -0.4 is 4.74 Å². The molecule has 1 amide bonds. The molecule has 0 bridgehead atoms. The number of carbonyl (C=O) groups excluding carboxylic acids is 1. The van der Waals surface area contributed by atoms with Crippen LogP contribution in [0.5, 0.6) is 5.75 Å². The second-order valence-corrected chi connectivity index (χ2v) is 9.42. The molecule has 0 spiro atoms. The zero-order valence-corrected chi connectivity index (χ0v) is 19.9. The summed E-state index contributed by atoms with van der Waals surface area (Å²) in [5, 5.41) is 21.8. The summed E-state index contributed by atoms with van der Waals surface area (Å²) in [6.45, 7) is 2.65. The second kappa shape index (κ2) is 8.49. The van der Waals surface area contributed by atoms with Gasteiger partial charge >= 0.3 is 0 Å². The van der Waals surface area contributed by atoms with Crippen molar-refractivity contribution in [2.24, 2.45) is 0 Å². The van der Waals surface area contributed by atoms with E-state index >= 15 is 0 Å². The number of rotatable bonds is 5. The number of pyridine rings is 1. The van der Waals surface area contributed by atoms with Gasteiger partial charge in [0, 0.05) is 36.5 Å². The van der Waals surface area contributed by atoms with Crippen molar-refractivity contribution in [3.63, 3.8) is 0 Å². The zero-order chi connectivity index (χ0) is 24.1. The molecule has 2 N–H and O–H groups in total. The van der Waals surface area contributed by atoms with E-state index in [9.17, 15) is 9.90 Å². The normalized spacial score (nSPS) is 18.3. The fourth-order valence-electron chi connectivity index (χ4n) is 5.40. The lowest BCUT2D eigenvalue weighted by Gasteiger charge is -2.18. The number of fused-ring (bicyclic) bond motifs is 2. The number of carbonyl (C=O) groups is 1. The number of H-pyrrole nitrogens is 1. The van der Waals surface area contributed by atoms with Crippen LogP contribution >= 0.6 is 0 Å². The van der Waals surface area contributed by atoms with E-state index in [1.54, 1.807) is 18.2 Å². The zero-order valence-electron chi connectivity index (χ0n) is 19.9. The lowest BCUT2D eigenvalue weighted by Crippen LogP contribution is -2.36. The highest BCUT2D eigenvalue weighted by Gasteiger charge is 2.30. The number of hydrogen-bond acceptors (Lipinski definition) is 6. The maximum Gasteiger partial charge on any atom is 0.251 e. The molecule has 1 fully saturated rings. The SMILES string of the molecule is COc1cc2[nH]nc(-c3cnn([C@H]4CCN(C(=O)[C@@H](C)O)C4)c3)c2nc1-c1cccc2c1CCC2. The number of likely N-dealkylation sites (tertiary alicyclic amines) is 1. The quantitative estimate of drug-likeness (QED) is 0.462. The van der Waals surface area contributed by atoms with Gasteiger partial charge in [-0.2, -0.15) is 10.2 Å². The smallest absolute Gasteiger partial charge is 0.251 e. The van der Waals surface area contributed by atoms with Gasteiger partial charge in [-0.3, -0.25) is 14.6 Å². The predicted molar refractivity (Wildman–Crippen MR) is 131 cm³/mol. The summed E-state index contributed by atoms with van der Waals surface area (Å²) in [6.07, 6.45) is 6.87. The molecular formula is C26H28N6O3. The van der Waals surface area contributed by atoms with E-state index in [-0.39, 0.29) is 11.9 Å². The van der Waals surface area contributed by atoms with Crippen LogP contribution in [0.2, 0.25) is 0 Å². The lowest BCUT2D eigenvalue weighted by molar-refractivity contribution is -0.138. The number of ether oxygens (including phenoxy) is 1. The van der Waals surface area contributed by atoms with Crippen molar-refractivity contribution < 1.29 is 14.6 Å². The lowest BCUT2D eigenvalue weighted by atomic mass is 9.99. The van der Waals surface area contributed by atoms with Crippen LogP contribution in [0, 0.1) is 0 Å². The number of nitrogens with one attached hydrogen (secondary N) is 1. The number of hydrogen-bond donors (Lipinski definition) is 2. The van der Waals surface area contributed by atoms with Crippen LogP contribution in [0.15, 0.2) is 36.7 Å². The molecule has 9 nitrogen and oxygen atoms in total. The number of aliphatic hydroxyl groups is 1. The third kappa shape index (κ3) is 3.67. The molecular weight excluding hydrogens is 444 g/mol. The summed E-state index contributed by atoms with van der Waals surface area (Å²) >= 11 is 0. The molecule has 1 aliphatic carbocycles. The first kappa shape index (κ1) is 21.8. The van der Waals surface area contributed by atoms with Crippen molar-refractivity contribution >= 4 is 16.9 Å². The van der Waals surface area contributed by atoms with E-state index in [4.69, 9.17) is 9.72 Å². The van der Waals surface area contributed by atoms with Gasteiger partial charge in [0.1, 0.15) is 28.8 Å². The average molecular weight is 473 g/mol. The molecule has 35 heavy (non-hydrogen) atoms. The Bertz CT molecular complexity index is 1420. The van der Waals surface area contributed by atoms with Crippen molar-refractivity contribution in [3.8, 4) is 28.3 Å². The Kier molecular flexibility index (Phi) is 5.29. The first-order chi connectivity index (χ1) is 17.0. The molecule has 9 heteroatoms. The van der Waals surface area contributed by atoms with E-state index in [0.29, 0.717) is 13.1 Å². The standard InChI is InChI=1S/C26H28N6O3/c1-15(33)26(34)31-10-9-18(14-31)32-13-17(12-27-32)23-25-21(29-30-23)11-22(35-2)24(28-25)20-8-4-6-16-5-3-7-19(16)20/h4,6,8,11-13,15,18,33H,3,5,7,9-10,14H2,1-2H3,(H,29,30)/t15-,18+/m1/s1. The number of benzene rings is 1. The minimum absolute atomic E-state index is 0.0622. The van der Waals surface area contributed by atoms with Gasteiger partial charge in [-0.25, -0.2) is 4.98 Å². The molecule has 0 unspecified atom stereocenters. The Labute approximate surface area is 202 Å². The third-order valence-electron chi connectivity index (χ3n) is 7.20. The topological polar surface area (TPSA) is 109 Å². The Hall–Kier alpha value is -3.72. The number of amides is 1. The summed E-state index contributed by atoms with van der Waals surface area (Å²) in [6, 6.07) is 8.45. The van der Waals surface area contributed by atoms with E-state index in [0.717, 1.165) is 65.0 Å². The van der Waals surface area contributed by atoms with Crippen molar-refractivity contribution in [1.29, 1.82) is 0 Å². The van der Waals surface area contributed by atoms with Crippen LogP contribution in [0.25, 0.3) is 33.5 Å². The van der Waals surface area contributed by atoms with Crippen molar-refractivity contribution in [2.75, 3.05) is 20.2 Å². The summed E-state index contributed by atoms with van der Waals surface area (Å²) in [5.41, 5.74) is 7.86. The molecule has 0 saturated carbocycles. The van der Waals surface area contributed by atoms with Gasteiger partial charge < -0.3 is 14.7 Å². The third-order valence-corrected chi connectivity index (χ3v) is 7.20. The van der Waals surface area contributed by atoms with E-state index in [2.05, 4.69) is 33.5 Å². The average Bonchev–Trinajstić information content (AvgIpc) is 3.66. The largest absolute Gasteiger partial charge is 0.494 e. The molecule has 1 aromatic carbocycles. The minimum Gasteiger partial charge on any atom is -0.494 e. The maximum atomic E-state index is 12.1. The van der Waals surface area contributed by atoms with Crippen LogP contribution in [0.4, 0.5) is 0 Å². The monoisotopic (exact) mass is 472 g/mol. The number of aromatic nitrogens is 5. The van der Waals surface area contributed by atoms with Crippen LogP contribution in [0.1, 0.15) is 36.9 Å². The molecule has 2 aliphatic rings. The number of nitrogens with zero attached hydrogens (tertiary/aromatic N) is 5. The van der Waals surface area contributed by atoms with Crippen molar-refractivity contribution in [3.05, 3.63) is 47.8 Å². The molecule has 0 radical (unpaired) electrons. The van der Waals surface area contributed by atoms with E-state index in [1.165, 1.54) is 18.1 Å². The van der Waals surface area contributed by atoms with Crippen LogP contribution in [0.3, 0.4) is 0 Å². The van der Waals surface area contributed by atoms with Gasteiger partial charge in [0.2, 0.25) is 0 Å². The number of aryl methyl sites for hydroxylation is 1. The van der Waals surface area contributed by atoms with Crippen LogP contribution in [-0.4, -0.2) is 67.2 Å².